The van der Waals surface area contributed by atoms with E-state index in [1.54, 1.807) is 20.3 Å². The largest absolute Gasteiger partial charge is 0.504 e. The average Bonchev–Trinajstić information content (AvgIpc) is 2.59. The van der Waals surface area contributed by atoms with E-state index >= 15 is 0 Å². The van der Waals surface area contributed by atoms with E-state index in [0.29, 0.717) is 11.5 Å². The van der Waals surface area contributed by atoms with Gasteiger partial charge in [-0.05, 0) is 60.3 Å². The topological polar surface area (TPSA) is 62.2 Å². The second-order valence-electron chi connectivity index (χ2n) is 6.51. The van der Waals surface area contributed by atoms with E-state index in [1.807, 2.05) is 12.1 Å². The van der Waals surface area contributed by atoms with Gasteiger partial charge in [0, 0.05) is 18.2 Å². The normalized spacial score (nSPS) is 18.7. The molecule has 0 aromatic heterocycles. The molecule has 24 heavy (non-hydrogen) atoms. The van der Waals surface area contributed by atoms with Gasteiger partial charge in [0.2, 0.25) is 0 Å². The van der Waals surface area contributed by atoms with Gasteiger partial charge in [-0.3, -0.25) is 4.90 Å². The van der Waals surface area contributed by atoms with Crippen LogP contribution >= 0.6 is 0 Å². The zero-order valence-electron chi connectivity index (χ0n) is 14.1. The average molecular weight is 327 g/mol. The second-order valence-corrected chi connectivity index (χ2v) is 6.51. The Hall–Kier alpha value is -2.40. The molecule has 0 radical (unpaired) electrons. The molecule has 2 aliphatic rings. The molecule has 2 N–H and O–H groups in total. The molecule has 0 fully saturated rings. The van der Waals surface area contributed by atoms with E-state index in [1.165, 1.54) is 0 Å². The number of methoxy groups -OCH3 is 2. The van der Waals surface area contributed by atoms with Crippen molar-refractivity contribution in [2.45, 2.75) is 18.9 Å². The van der Waals surface area contributed by atoms with Gasteiger partial charge < -0.3 is 19.7 Å². The number of fused-ring (bicyclic) bond motifs is 2. The maximum atomic E-state index is 10.6. The van der Waals surface area contributed by atoms with Crippen LogP contribution in [0.25, 0.3) is 11.1 Å². The summed E-state index contributed by atoms with van der Waals surface area (Å²) in [4.78, 5) is 2.31. The summed E-state index contributed by atoms with van der Waals surface area (Å²) in [6.45, 7) is 0.934. The minimum atomic E-state index is -0.0605. The molecular formula is C19H21NO4. The molecule has 0 amide bonds. The Balaban J connectivity index is 2.05. The molecule has 1 heterocycles. The van der Waals surface area contributed by atoms with E-state index < -0.39 is 0 Å². The summed E-state index contributed by atoms with van der Waals surface area (Å²) in [5, 5.41) is 20.8. The fourth-order valence-electron chi connectivity index (χ4n) is 4.05. The van der Waals surface area contributed by atoms with Gasteiger partial charge in [-0.25, -0.2) is 0 Å². The third-order valence-corrected chi connectivity index (χ3v) is 5.30. The van der Waals surface area contributed by atoms with Gasteiger partial charge in [0.05, 0.1) is 14.2 Å². The van der Waals surface area contributed by atoms with Crippen LogP contribution in [0, 0.1) is 0 Å². The Kier molecular flexibility index (Phi) is 3.35. The maximum Gasteiger partial charge on any atom is 0.165 e. The van der Waals surface area contributed by atoms with E-state index in [2.05, 4.69) is 11.9 Å². The van der Waals surface area contributed by atoms with E-state index in [-0.39, 0.29) is 17.5 Å². The number of likely N-dealkylation sites (N-methyl/N-ethyl adjacent to an activating group) is 1. The summed E-state index contributed by atoms with van der Waals surface area (Å²) in [6.07, 6.45) is 1.71. The summed E-state index contributed by atoms with van der Waals surface area (Å²) in [5.74, 6) is 1.19. The smallest absolute Gasteiger partial charge is 0.165 e. The van der Waals surface area contributed by atoms with Crippen molar-refractivity contribution in [3.8, 4) is 34.1 Å². The number of hydrogen-bond acceptors (Lipinski definition) is 5. The summed E-state index contributed by atoms with van der Waals surface area (Å²) < 4.78 is 10.9. The van der Waals surface area contributed by atoms with Gasteiger partial charge in [0.15, 0.2) is 23.0 Å². The van der Waals surface area contributed by atoms with Crippen molar-refractivity contribution in [2.75, 3.05) is 27.8 Å². The highest BCUT2D eigenvalue weighted by molar-refractivity contribution is 5.84. The van der Waals surface area contributed by atoms with Crippen LogP contribution in [0.4, 0.5) is 0 Å². The van der Waals surface area contributed by atoms with Crippen LogP contribution in [0.15, 0.2) is 18.2 Å². The molecular weight excluding hydrogens is 306 g/mol. The molecule has 0 spiro atoms. The van der Waals surface area contributed by atoms with Gasteiger partial charge in [-0.15, -0.1) is 0 Å². The van der Waals surface area contributed by atoms with Crippen LogP contribution in [0.1, 0.15) is 22.7 Å². The van der Waals surface area contributed by atoms with Crippen molar-refractivity contribution >= 4 is 0 Å². The number of ether oxygens (including phenoxy) is 2. The monoisotopic (exact) mass is 327 g/mol. The summed E-state index contributed by atoms with van der Waals surface area (Å²) in [5.41, 5.74) is 4.96. The Morgan fingerprint density at radius 3 is 2.46 bits per heavy atom. The molecule has 5 nitrogen and oxygen atoms in total. The van der Waals surface area contributed by atoms with Gasteiger partial charge in [0.1, 0.15) is 0 Å². The Labute approximate surface area is 141 Å². The quantitative estimate of drug-likeness (QED) is 0.831. The van der Waals surface area contributed by atoms with Crippen molar-refractivity contribution in [2.24, 2.45) is 0 Å². The highest BCUT2D eigenvalue weighted by Crippen LogP contribution is 2.53. The number of phenols is 2. The van der Waals surface area contributed by atoms with Crippen LogP contribution in [-0.2, 0) is 12.8 Å². The first-order valence-corrected chi connectivity index (χ1v) is 8.08. The molecule has 0 bridgehead atoms. The minimum Gasteiger partial charge on any atom is -0.504 e. The number of phenolic OH excluding ortho intramolecular Hbond substituents is 2. The third kappa shape index (κ3) is 1.97. The first-order valence-electron chi connectivity index (χ1n) is 8.08. The Morgan fingerprint density at radius 2 is 1.75 bits per heavy atom. The van der Waals surface area contributed by atoms with Gasteiger partial charge in [0.25, 0.3) is 0 Å². The summed E-state index contributed by atoms with van der Waals surface area (Å²) in [7, 11) is 5.32. The van der Waals surface area contributed by atoms with E-state index in [4.69, 9.17) is 9.47 Å². The highest BCUT2D eigenvalue weighted by Gasteiger charge is 2.36. The molecule has 2 aromatic carbocycles. The highest BCUT2D eigenvalue weighted by atomic mass is 16.5. The molecule has 126 valence electrons. The Bertz CT molecular complexity index is 831. The van der Waals surface area contributed by atoms with Gasteiger partial charge in [-0.1, -0.05) is 0 Å². The number of aromatic hydroxyl groups is 2. The minimum absolute atomic E-state index is 0.0535. The van der Waals surface area contributed by atoms with Crippen LogP contribution in [-0.4, -0.2) is 42.9 Å². The number of rotatable bonds is 2. The van der Waals surface area contributed by atoms with Crippen molar-refractivity contribution < 1.29 is 19.7 Å². The van der Waals surface area contributed by atoms with E-state index in [0.717, 1.165) is 47.2 Å². The molecule has 0 saturated carbocycles. The predicted molar refractivity (Wildman–Crippen MR) is 91.1 cm³/mol. The first-order chi connectivity index (χ1) is 11.5. The van der Waals surface area contributed by atoms with E-state index in [9.17, 15) is 10.2 Å². The number of hydrogen-bond donors (Lipinski definition) is 2. The van der Waals surface area contributed by atoms with Gasteiger partial charge in [-0.2, -0.15) is 0 Å². The lowest BCUT2D eigenvalue weighted by molar-refractivity contribution is 0.226. The Morgan fingerprint density at radius 1 is 1.04 bits per heavy atom. The van der Waals surface area contributed by atoms with Crippen molar-refractivity contribution in [1.82, 2.24) is 4.90 Å². The SMILES string of the molecule is COc1cc2c(cc1OC)-c1c(O)c(O)cc3c1[C@H](C2)N(C)CC3. The van der Waals surface area contributed by atoms with Crippen molar-refractivity contribution in [3.63, 3.8) is 0 Å². The lowest BCUT2D eigenvalue weighted by Gasteiger charge is -2.40. The molecule has 1 aliphatic carbocycles. The lowest BCUT2D eigenvalue weighted by atomic mass is 9.76. The number of benzene rings is 2. The predicted octanol–water partition coefficient (Wildman–Crippen LogP) is 2.87. The fraction of sp³-hybridized carbons (Fsp3) is 0.368. The molecule has 4 rings (SSSR count). The molecule has 0 unspecified atom stereocenters. The molecule has 5 heteroatoms. The third-order valence-electron chi connectivity index (χ3n) is 5.30. The summed E-state index contributed by atoms with van der Waals surface area (Å²) in [6, 6.07) is 5.77. The van der Waals surface area contributed by atoms with Gasteiger partial charge >= 0.3 is 0 Å². The second kappa shape index (κ2) is 5.31. The van der Waals surface area contributed by atoms with Crippen molar-refractivity contribution in [1.29, 1.82) is 0 Å². The standard InChI is InChI=1S/C19H21NO4/c1-20-5-4-10-7-14(21)19(22)18-12-9-16(24-3)15(23-2)8-11(12)6-13(20)17(10)18/h7-9,13,21-22H,4-6H2,1-3H3/t13-/m0/s1. The van der Waals surface area contributed by atoms with Crippen LogP contribution < -0.4 is 9.47 Å². The first kappa shape index (κ1) is 15.1. The van der Waals surface area contributed by atoms with Crippen LogP contribution in [0.3, 0.4) is 0 Å². The molecule has 0 saturated heterocycles. The molecule has 1 aliphatic heterocycles. The summed E-state index contributed by atoms with van der Waals surface area (Å²) >= 11 is 0. The van der Waals surface area contributed by atoms with Crippen LogP contribution in [0.2, 0.25) is 0 Å². The van der Waals surface area contributed by atoms with Crippen LogP contribution in [0.5, 0.6) is 23.0 Å². The maximum absolute atomic E-state index is 10.6. The lowest BCUT2D eigenvalue weighted by Crippen LogP contribution is -2.35. The zero-order valence-corrected chi connectivity index (χ0v) is 14.1. The fourth-order valence-corrected chi connectivity index (χ4v) is 4.05. The van der Waals surface area contributed by atoms with Crippen molar-refractivity contribution in [3.05, 3.63) is 34.9 Å². The molecule has 1 atom stereocenters. The molecule has 2 aromatic rings. The zero-order chi connectivity index (χ0) is 17.0. The number of nitrogens with zero attached hydrogens (tertiary/aromatic N) is 1.